The predicted molar refractivity (Wildman–Crippen MR) is 218 cm³/mol. The highest BCUT2D eigenvalue weighted by molar-refractivity contribution is 4.50. The number of unbranched alkanes of at least 4 members (excludes halogenated alkanes) is 15. The Morgan fingerprint density at radius 2 is 0.444 bits per heavy atom. The molecule has 0 spiro atoms. The summed E-state index contributed by atoms with van der Waals surface area (Å²) in [5.74, 6) is 0.600. The van der Waals surface area contributed by atoms with Crippen LogP contribution in [0.2, 0.25) is 0 Å². The number of rotatable bonds is 50. The van der Waals surface area contributed by atoms with Crippen molar-refractivity contribution >= 4 is 0 Å². The Labute approximate surface area is 332 Å². The van der Waals surface area contributed by atoms with E-state index in [1.807, 2.05) is 0 Å². The Kier molecular flexibility index (Phi) is 50.2. The lowest BCUT2D eigenvalue weighted by molar-refractivity contribution is -0.0278. The van der Waals surface area contributed by atoms with Gasteiger partial charge in [0.05, 0.1) is 132 Å². The van der Waals surface area contributed by atoms with E-state index in [0.717, 1.165) is 26.1 Å². The molecule has 0 bridgehead atoms. The van der Waals surface area contributed by atoms with Gasteiger partial charge in [0.15, 0.2) is 0 Å². The molecule has 11 nitrogen and oxygen atoms in total. The lowest BCUT2D eigenvalue weighted by atomic mass is 10.0. The van der Waals surface area contributed by atoms with Crippen LogP contribution in [0.4, 0.5) is 0 Å². The zero-order chi connectivity index (χ0) is 38.9. The van der Waals surface area contributed by atoms with Crippen LogP contribution in [0, 0.1) is 5.92 Å². The van der Waals surface area contributed by atoms with E-state index in [9.17, 15) is 0 Å². The molecule has 1 unspecified atom stereocenters. The molecule has 0 aliphatic heterocycles. The quantitative estimate of drug-likeness (QED) is 0.0556. The third kappa shape index (κ3) is 49.6. The molecule has 0 aromatic heterocycles. The maximum atomic E-state index is 5.70. The molecular weight excluding hydrogens is 692 g/mol. The largest absolute Gasteiger partial charge is 0.379 e. The summed E-state index contributed by atoms with van der Waals surface area (Å²) >= 11 is 0. The van der Waals surface area contributed by atoms with Gasteiger partial charge in [0.2, 0.25) is 0 Å². The molecule has 0 rings (SSSR count). The van der Waals surface area contributed by atoms with Crippen LogP contribution in [0.3, 0.4) is 0 Å². The number of hydrogen-bond acceptors (Lipinski definition) is 11. The first-order valence-corrected chi connectivity index (χ1v) is 22.2. The summed E-state index contributed by atoms with van der Waals surface area (Å²) in [6, 6.07) is 0. The van der Waals surface area contributed by atoms with Crippen LogP contribution in [-0.4, -0.2) is 145 Å². The number of ether oxygens (including phenoxy) is 11. The van der Waals surface area contributed by atoms with Crippen molar-refractivity contribution in [1.82, 2.24) is 0 Å². The molecule has 0 saturated carbocycles. The van der Waals surface area contributed by atoms with Gasteiger partial charge in [-0.1, -0.05) is 124 Å². The van der Waals surface area contributed by atoms with E-state index in [4.69, 9.17) is 52.1 Å². The van der Waals surface area contributed by atoms with Crippen molar-refractivity contribution in [1.29, 1.82) is 0 Å². The second-order valence-corrected chi connectivity index (χ2v) is 14.0. The van der Waals surface area contributed by atoms with E-state index >= 15 is 0 Å². The minimum atomic E-state index is 0.527. The summed E-state index contributed by atoms with van der Waals surface area (Å²) in [6.07, 6.45) is 23.4. The topological polar surface area (TPSA) is 102 Å². The highest BCUT2D eigenvalue weighted by atomic mass is 16.6. The van der Waals surface area contributed by atoms with Gasteiger partial charge in [-0.25, -0.2) is 0 Å². The second kappa shape index (κ2) is 50.6. The zero-order valence-electron chi connectivity index (χ0n) is 35.6. The van der Waals surface area contributed by atoms with E-state index in [2.05, 4.69) is 20.8 Å². The smallest absolute Gasteiger partial charge is 0.0701 e. The van der Waals surface area contributed by atoms with Gasteiger partial charge in [0.25, 0.3) is 0 Å². The molecule has 0 aromatic rings. The molecule has 0 amide bonds. The average Bonchev–Trinajstić information content (AvgIpc) is 3.18. The monoisotopic (exact) mass is 781 g/mol. The van der Waals surface area contributed by atoms with Crippen molar-refractivity contribution in [3.05, 3.63) is 0 Å². The van der Waals surface area contributed by atoms with E-state index in [0.29, 0.717) is 138 Å². The van der Waals surface area contributed by atoms with Crippen molar-refractivity contribution in [2.24, 2.45) is 5.92 Å². The van der Waals surface area contributed by atoms with Crippen LogP contribution >= 0.6 is 0 Å². The minimum absolute atomic E-state index is 0.527. The molecule has 0 aliphatic rings. The van der Waals surface area contributed by atoms with Gasteiger partial charge in [-0.2, -0.15) is 0 Å². The van der Waals surface area contributed by atoms with Crippen LogP contribution in [-0.2, 0) is 52.1 Å². The first-order valence-electron chi connectivity index (χ1n) is 22.2. The van der Waals surface area contributed by atoms with Gasteiger partial charge in [-0.15, -0.1) is 0 Å². The summed E-state index contributed by atoms with van der Waals surface area (Å²) in [7, 11) is 0. The highest BCUT2D eigenvalue weighted by Gasteiger charge is 2.00. The maximum absolute atomic E-state index is 5.70. The Bertz CT molecular complexity index is 647. The van der Waals surface area contributed by atoms with Gasteiger partial charge >= 0.3 is 0 Å². The van der Waals surface area contributed by atoms with Gasteiger partial charge in [-0.3, -0.25) is 0 Å². The normalized spacial score (nSPS) is 12.3. The third-order valence-corrected chi connectivity index (χ3v) is 8.96. The summed E-state index contributed by atoms with van der Waals surface area (Å²) in [5.41, 5.74) is 0. The van der Waals surface area contributed by atoms with Crippen molar-refractivity contribution in [2.45, 2.75) is 130 Å². The Balaban J connectivity index is 3.06. The molecule has 54 heavy (non-hydrogen) atoms. The lowest BCUT2D eigenvalue weighted by Gasteiger charge is -2.10. The molecule has 0 radical (unpaired) electrons. The van der Waals surface area contributed by atoms with Gasteiger partial charge < -0.3 is 52.1 Å². The molecule has 326 valence electrons. The van der Waals surface area contributed by atoms with Crippen molar-refractivity contribution in [2.75, 3.05) is 145 Å². The van der Waals surface area contributed by atoms with Crippen LogP contribution < -0.4 is 0 Å². The molecule has 0 aliphatic carbocycles. The molecule has 0 aromatic carbocycles. The van der Waals surface area contributed by atoms with Crippen LogP contribution in [0.15, 0.2) is 0 Å². The van der Waals surface area contributed by atoms with Gasteiger partial charge in [-0.05, 0) is 12.3 Å². The SMILES string of the molecule is CCCCCCCCCCCCCCCCCCOCCOCCOCCOCCOCCOCCOCCOCCOCCOCCOCC(C)CC. The summed E-state index contributed by atoms with van der Waals surface area (Å²) in [4.78, 5) is 0. The maximum Gasteiger partial charge on any atom is 0.0701 e. The van der Waals surface area contributed by atoms with E-state index in [-0.39, 0.29) is 0 Å². The second-order valence-electron chi connectivity index (χ2n) is 14.0. The Morgan fingerprint density at radius 1 is 0.241 bits per heavy atom. The average molecular weight is 781 g/mol. The molecule has 1 atom stereocenters. The minimum Gasteiger partial charge on any atom is -0.379 e. The molecular formula is C43H88O11. The third-order valence-electron chi connectivity index (χ3n) is 8.96. The fraction of sp³-hybridized carbons (Fsp3) is 1.00. The van der Waals surface area contributed by atoms with Crippen molar-refractivity contribution < 1.29 is 52.1 Å². The molecule has 0 heterocycles. The summed E-state index contributed by atoms with van der Waals surface area (Å²) in [5, 5.41) is 0. The van der Waals surface area contributed by atoms with Crippen LogP contribution in [0.1, 0.15) is 130 Å². The fourth-order valence-corrected chi connectivity index (χ4v) is 5.35. The zero-order valence-corrected chi connectivity index (χ0v) is 35.6. The lowest BCUT2D eigenvalue weighted by Crippen LogP contribution is -2.15. The first-order chi connectivity index (χ1) is 26.8. The Hall–Kier alpha value is -0.440. The fourth-order valence-electron chi connectivity index (χ4n) is 5.35. The molecule has 0 N–H and O–H groups in total. The van der Waals surface area contributed by atoms with Crippen LogP contribution in [0.25, 0.3) is 0 Å². The van der Waals surface area contributed by atoms with Crippen molar-refractivity contribution in [3.8, 4) is 0 Å². The molecule has 0 fully saturated rings. The van der Waals surface area contributed by atoms with E-state index < -0.39 is 0 Å². The van der Waals surface area contributed by atoms with Crippen molar-refractivity contribution in [3.63, 3.8) is 0 Å². The standard InChI is InChI=1S/C43H88O11/c1-4-6-7-8-9-10-11-12-13-14-15-16-17-18-19-20-21-44-22-23-45-24-25-46-26-27-47-28-29-48-30-31-49-32-33-50-34-35-51-36-37-52-38-39-53-40-41-54-42-43(3)5-2/h43H,4-42H2,1-3H3. The molecule has 11 heteroatoms. The Morgan fingerprint density at radius 3 is 0.685 bits per heavy atom. The number of hydrogen-bond donors (Lipinski definition) is 0. The van der Waals surface area contributed by atoms with E-state index in [1.165, 1.54) is 96.3 Å². The van der Waals surface area contributed by atoms with E-state index in [1.54, 1.807) is 0 Å². The van der Waals surface area contributed by atoms with Crippen LogP contribution in [0.5, 0.6) is 0 Å². The first kappa shape index (κ1) is 53.6. The molecule has 0 saturated heterocycles. The van der Waals surface area contributed by atoms with Gasteiger partial charge in [0.1, 0.15) is 0 Å². The predicted octanol–water partition coefficient (Wildman–Crippen LogP) is 8.48. The summed E-state index contributed by atoms with van der Waals surface area (Å²) < 4.78 is 60.9. The summed E-state index contributed by atoms with van der Waals surface area (Å²) in [6.45, 7) is 19.4. The highest BCUT2D eigenvalue weighted by Crippen LogP contribution is 2.13. The van der Waals surface area contributed by atoms with Gasteiger partial charge in [0, 0.05) is 13.2 Å².